The van der Waals surface area contributed by atoms with Gasteiger partial charge in [-0.2, -0.15) is 5.10 Å². The maximum Gasteiger partial charge on any atom is 0.181 e. The molecule has 1 atom stereocenters. The molecule has 0 saturated carbocycles. The standard InChI is InChI=1S/C23H23N3O2/c1-14(2)21(28)11-15-6-5-7-16(10-15)17-12-19-22(25-26-23(19)24-13-17)18-8-3-4-9-20(18)27/h3-10,12-14,21,27-28H,11H2,1-2H3,(H,24,25,26)/t21-/m0/s1. The lowest BCUT2D eigenvalue weighted by Crippen LogP contribution is -2.17. The van der Waals surface area contributed by atoms with Crippen molar-refractivity contribution in [1.29, 1.82) is 0 Å². The van der Waals surface area contributed by atoms with E-state index in [2.05, 4.69) is 21.2 Å². The maximum absolute atomic E-state index is 10.2. The molecule has 142 valence electrons. The molecule has 2 heterocycles. The van der Waals surface area contributed by atoms with Gasteiger partial charge >= 0.3 is 0 Å². The predicted octanol–water partition coefficient (Wildman–Crippen LogP) is 4.56. The van der Waals surface area contributed by atoms with E-state index < -0.39 is 0 Å². The SMILES string of the molecule is CC(C)[C@@H](O)Cc1cccc(-c2cnc3n[nH]c(-c4ccccc4O)c3c2)c1. The van der Waals surface area contributed by atoms with Crippen LogP contribution in [0.4, 0.5) is 0 Å². The molecule has 0 unspecified atom stereocenters. The number of H-pyrrole nitrogens is 1. The summed E-state index contributed by atoms with van der Waals surface area (Å²) in [6.45, 7) is 4.04. The van der Waals surface area contributed by atoms with Gasteiger partial charge in [-0.15, -0.1) is 0 Å². The molecular weight excluding hydrogens is 350 g/mol. The van der Waals surface area contributed by atoms with Gasteiger partial charge in [0.1, 0.15) is 5.75 Å². The zero-order chi connectivity index (χ0) is 19.7. The van der Waals surface area contributed by atoms with Crippen molar-refractivity contribution in [3.8, 4) is 28.1 Å². The second-order valence-corrected chi connectivity index (χ2v) is 7.43. The Morgan fingerprint density at radius 1 is 1.00 bits per heavy atom. The van der Waals surface area contributed by atoms with Gasteiger partial charge in [-0.1, -0.05) is 50.2 Å². The molecule has 2 aromatic heterocycles. The topological polar surface area (TPSA) is 82.0 Å². The van der Waals surface area contributed by atoms with Crippen LogP contribution in [0, 0.1) is 5.92 Å². The number of phenolic OH excluding ortho intramolecular Hbond substituents is 1. The van der Waals surface area contributed by atoms with E-state index in [4.69, 9.17) is 0 Å². The quantitative estimate of drug-likeness (QED) is 0.479. The summed E-state index contributed by atoms with van der Waals surface area (Å²) in [5.41, 5.74) is 5.13. The first-order chi connectivity index (χ1) is 13.5. The summed E-state index contributed by atoms with van der Waals surface area (Å²) >= 11 is 0. The maximum atomic E-state index is 10.2. The van der Waals surface area contributed by atoms with Gasteiger partial charge in [-0.3, -0.25) is 5.10 Å². The number of phenols is 1. The average Bonchev–Trinajstić information content (AvgIpc) is 3.11. The van der Waals surface area contributed by atoms with E-state index in [-0.39, 0.29) is 17.8 Å². The number of hydrogen-bond acceptors (Lipinski definition) is 4. The number of aromatic amines is 1. The number of hydrogen-bond donors (Lipinski definition) is 3. The molecule has 0 amide bonds. The number of para-hydroxylation sites is 1. The molecular formula is C23H23N3O2. The Morgan fingerprint density at radius 2 is 1.82 bits per heavy atom. The summed E-state index contributed by atoms with van der Waals surface area (Å²) in [6.07, 6.45) is 2.06. The van der Waals surface area contributed by atoms with Gasteiger partial charge in [-0.25, -0.2) is 4.98 Å². The number of nitrogens with one attached hydrogen (secondary N) is 1. The van der Waals surface area contributed by atoms with Gasteiger partial charge in [0.15, 0.2) is 5.65 Å². The number of fused-ring (bicyclic) bond motifs is 1. The third-order valence-corrected chi connectivity index (χ3v) is 5.06. The Morgan fingerprint density at radius 3 is 2.61 bits per heavy atom. The molecule has 4 rings (SSSR count). The van der Waals surface area contributed by atoms with Crippen LogP contribution in [0.25, 0.3) is 33.4 Å². The van der Waals surface area contributed by atoms with Crippen LogP contribution in [0.1, 0.15) is 19.4 Å². The number of aromatic nitrogens is 3. The van der Waals surface area contributed by atoms with Crippen molar-refractivity contribution >= 4 is 11.0 Å². The monoisotopic (exact) mass is 373 g/mol. The van der Waals surface area contributed by atoms with Crippen molar-refractivity contribution < 1.29 is 10.2 Å². The second-order valence-electron chi connectivity index (χ2n) is 7.43. The molecule has 2 aromatic carbocycles. The Bertz CT molecular complexity index is 1120. The highest BCUT2D eigenvalue weighted by Crippen LogP contribution is 2.33. The molecule has 0 aliphatic carbocycles. The molecule has 4 aromatic rings. The number of pyridine rings is 1. The summed E-state index contributed by atoms with van der Waals surface area (Å²) in [5.74, 6) is 0.414. The zero-order valence-electron chi connectivity index (χ0n) is 15.9. The van der Waals surface area contributed by atoms with E-state index in [1.165, 1.54) is 0 Å². The first kappa shape index (κ1) is 18.2. The Balaban J connectivity index is 1.74. The Hall–Kier alpha value is -3.18. The van der Waals surface area contributed by atoms with Crippen molar-refractivity contribution in [2.45, 2.75) is 26.4 Å². The van der Waals surface area contributed by atoms with Crippen molar-refractivity contribution in [3.63, 3.8) is 0 Å². The van der Waals surface area contributed by atoms with Crippen LogP contribution in [0.3, 0.4) is 0 Å². The molecule has 0 spiro atoms. The van der Waals surface area contributed by atoms with Gasteiger partial charge in [-0.05, 0) is 41.7 Å². The van der Waals surface area contributed by atoms with Crippen molar-refractivity contribution in [3.05, 3.63) is 66.4 Å². The van der Waals surface area contributed by atoms with Crippen LogP contribution >= 0.6 is 0 Å². The van der Waals surface area contributed by atoms with E-state index >= 15 is 0 Å². The Kier molecular flexibility index (Phi) is 4.84. The smallest absolute Gasteiger partial charge is 0.181 e. The number of aliphatic hydroxyl groups is 1. The molecule has 0 fully saturated rings. The van der Waals surface area contributed by atoms with E-state index in [1.54, 1.807) is 18.3 Å². The lowest BCUT2D eigenvalue weighted by Gasteiger charge is -2.15. The first-order valence-corrected chi connectivity index (χ1v) is 9.43. The molecule has 3 N–H and O–H groups in total. The van der Waals surface area contributed by atoms with Gasteiger partial charge in [0.25, 0.3) is 0 Å². The third kappa shape index (κ3) is 3.49. The van der Waals surface area contributed by atoms with Crippen LogP contribution in [0.2, 0.25) is 0 Å². The summed E-state index contributed by atoms with van der Waals surface area (Å²) < 4.78 is 0. The van der Waals surface area contributed by atoms with Crippen molar-refractivity contribution in [2.24, 2.45) is 5.92 Å². The number of nitrogens with zero attached hydrogens (tertiary/aromatic N) is 2. The normalized spacial score (nSPS) is 12.6. The fourth-order valence-corrected chi connectivity index (χ4v) is 3.30. The summed E-state index contributed by atoms with van der Waals surface area (Å²) in [4.78, 5) is 4.48. The zero-order valence-corrected chi connectivity index (χ0v) is 15.9. The average molecular weight is 373 g/mol. The van der Waals surface area contributed by atoms with Gasteiger partial charge in [0, 0.05) is 22.7 Å². The second kappa shape index (κ2) is 7.44. The van der Waals surface area contributed by atoms with E-state index in [1.807, 2.05) is 50.2 Å². The first-order valence-electron chi connectivity index (χ1n) is 9.43. The highest BCUT2D eigenvalue weighted by molar-refractivity contribution is 5.94. The molecule has 0 radical (unpaired) electrons. The van der Waals surface area contributed by atoms with Crippen LogP contribution < -0.4 is 0 Å². The van der Waals surface area contributed by atoms with E-state index in [9.17, 15) is 10.2 Å². The molecule has 0 aliphatic rings. The minimum atomic E-state index is -0.364. The van der Waals surface area contributed by atoms with E-state index in [0.717, 1.165) is 27.8 Å². The molecule has 5 heteroatoms. The minimum Gasteiger partial charge on any atom is -0.507 e. The number of benzene rings is 2. The fourth-order valence-electron chi connectivity index (χ4n) is 3.30. The number of aromatic hydroxyl groups is 1. The molecule has 28 heavy (non-hydrogen) atoms. The lowest BCUT2D eigenvalue weighted by molar-refractivity contribution is 0.126. The van der Waals surface area contributed by atoms with Crippen LogP contribution in [-0.2, 0) is 6.42 Å². The number of aliphatic hydroxyl groups excluding tert-OH is 1. The summed E-state index contributed by atoms with van der Waals surface area (Å²) in [5, 5.41) is 28.5. The highest BCUT2D eigenvalue weighted by atomic mass is 16.3. The van der Waals surface area contributed by atoms with Gasteiger partial charge < -0.3 is 10.2 Å². The van der Waals surface area contributed by atoms with Crippen LogP contribution in [0.5, 0.6) is 5.75 Å². The minimum absolute atomic E-state index is 0.197. The van der Waals surface area contributed by atoms with Crippen molar-refractivity contribution in [2.75, 3.05) is 0 Å². The Labute approximate surface area is 163 Å². The largest absolute Gasteiger partial charge is 0.507 e. The predicted molar refractivity (Wildman–Crippen MR) is 111 cm³/mol. The van der Waals surface area contributed by atoms with Crippen LogP contribution in [0.15, 0.2) is 60.8 Å². The lowest BCUT2D eigenvalue weighted by atomic mass is 9.96. The van der Waals surface area contributed by atoms with E-state index in [0.29, 0.717) is 17.6 Å². The molecule has 0 saturated heterocycles. The fraction of sp³-hybridized carbons (Fsp3) is 0.217. The third-order valence-electron chi connectivity index (χ3n) is 5.06. The summed E-state index contributed by atoms with van der Waals surface area (Å²) in [7, 11) is 0. The molecule has 0 aliphatic heterocycles. The number of rotatable bonds is 5. The van der Waals surface area contributed by atoms with Crippen molar-refractivity contribution in [1.82, 2.24) is 15.2 Å². The van der Waals surface area contributed by atoms with Gasteiger partial charge in [0.05, 0.1) is 11.8 Å². The van der Waals surface area contributed by atoms with Gasteiger partial charge in [0.2, 0.25) is 0 Å². The molecule has 5 nitrogen and oxygen atoms in total. The summed E-state index contributed by atoms with van der Waals surface area (Å²) in [6, 6.07) is 17.4. The molecule has 0 bridgehead atoms. The van der Waals surface area contributed by atoms with Crippen LogP contribution in [-0.4, -0.2) is 31.5 Å². The highest BCUT2D eigenvalue weighted by Gasteiger charge is 2.14.